The molecule has 1 N–H and O–H groups in total. The molecule has 2 rings (SSSR count). The molecule has 0 amide bonds. The third-order valence-electron chi connectivity index (χ3n) is 2.30. The average Bonchev–Trinajstić information content (AvgIpc) is 2.45. The highest BCUT2D eigenvalue weighted by molar-refractivity contribution is 5.49. The van der Waals surface area contributed by atoms with Crippen molar-refractivity contribution >= 4 is 5.82 Å². The number of ether oxygens (including phenoxy) is 1. The summed E-state index contributed by atoms with van der Waals surface area (Å²) in [5.41, 5.74) is 0.865. The molecule has 0 spiro atoms. The largest absolute Gasteiger partial charge is 0.490 e. The van der Waals surface area contributed by atoms with Crippen LogP contribution in [0.15, 0.2) is 36.7 Å². The quantitative estimate of drug-likeness (QED) is 0.844. The second-order valence-corrected chi connectivity index (χ2v) is 3.77. The molecule has 5 nitrogen and oxygen atoms in total. The molecule has 0 radical (unpaired) electrons. The minimum atomic E-state index is 0.577. The van der Waals surface area contributed by atoms with Crippen molar-refractivity contribution in [2.75, 3.05) is 11.9 Å². The molecule has 0 aliphatic rings. The summed E-state index contributed by atoms with van der Waals surface area (Å²) in [6.45, 7) is 3.34. The summed E-state index contributed by atoms with van der Waals surface area (Å²) in [6, 6.07) is 7.53. The minimum Gasteiger partial charge on any atom is -0.490 e. The maximum absolute atomic E-state index is 5.61. The van der Waals surface area contributed by atoms with Gasteiger partial charge in [-0.25, -0.2) is 4.98 Å². The molecular weight excluding hydrogens is 228 g/mol. The predicted octanol–water partition coefficient (Wildman–Crippen LogP) is 2.27. The molecule has 0 bridgehead atoms. The lowest BCUT2D eigenvalue weighted by Gasteiger charge is -2.10. The number of hydrogen-bond donors (Lipinski definition) is 1. The first kappa shape index (κ1) is 12.3. The van der Waals surface area contributed by atoms with Crippen LogP contribution in [0.4, 0.5) is 5.82 Å². The summed E-state index contributed by atoms with van der Waals surface area (Å²) >= 11 is 0. The zero-order chi connectivity index (χ0) is 12.6. The molecule has 0 saturated carbocycles. The van der Waals surface area contributed by atoms with Gasteiger partial charge in [-0.3, -0.25) is 0 Å². The zero-order valence-corrected chi connectivity index (χ0v) is 10.3. The number of aromatic nitrogens is 3. The van der Waals surface area contributed by atoms with Crippen molar-refractivity contribution < 1.29 is 4.74 Å². The third-order valence-corrected chi connectivity index (χ3v) is 2.30. The number of rotatable bonds is 6. The average molecular weight is 244 g/mol. The molecule has 0 aliphatic heterocycles. The van der Waals surface area contributed by atoms with Gasteiger partial charge in [0.15, 0.2) is 11.6 Å². The molecule has 0 saturated heterocycles. The Balaban J connectivity index is 2.00. The fourth-order valence-corrected chi connectivity index (χ4v) is 1.45. The Kier molecular flexibility index (Phi) is 4.46. The van der Waals surface area contributed by atoms with Crippen LogP contribution in [0.5, 0.6) is 5.75 Å². The van der Waals surface area contributed by atoms with Gasteiger partial charge >= 0.3 is 0 Å². The topological polar surface area (TPSA) is 59.9 Å². The Hall–Kier alpha value is -2.17. The molecule has 18 heavy (non-hydrogen) atoms. The molecule has 2 aromatic heterocycles. The Morgan fingerprint density at radius 1 is 1.22 bits per heavy atom. The van der Waals surface area contributed by atoms with Gasteiger partial charge in [0.1, 0.15) is 0 Å². The summed E-state index contributed by atoms with van der Waals surface area (Å²) < 4.78 is 5.61. The molecule has 0 aliphatic carbocycles. The van der Waals surface area contributed by atoms with Crippen molar-refractivity contribution in [3.63, 3.8) is 0 Å². The Morgan fingerprint density at radius 2 is 2.11 bits per heavy atom. The normalized spacial score (nSPS) is 10.1. The number of pyridine rings is 1. The van der Waals surface area contributed by atoms with Crippen molar-refractivity contribution in [2.45, 2.75) is 19.9 Å². The third kappa shape index (κ3) is 3.41. The van der Waals surface area contributed by atoms with Gasteiger partial charge in [0.2, 0.25) is 0 Å². The van der Waals surface area contributed by atoms with E-state index in [0.717, 1.165) is 23.7 Å². The molecule has 2 aromatic rings. The SMILES string of the molecule is CCCOc1cccnc1NCc1cccnn1. The van der Waals surface area contributed by atoms with Crippen molar-refractivity contribution in [2.24, 2.45) is 0 Å². The van der Waals surface area contributed by atoms with E-state index in [2.05, 4.69) is 27.4 Å². The highest BCUT2D eigenvalue weighted by Crippen LogP contribution is 2.21. The van der Waals surface area contributed by atoms with E-state index in [1.807, 2.05) is 24.3 Å². The summed E-state index contributed by atoms with van der Waals surface area (Å²) in [6.07, 6.45) is 4.36. The predicted molar refractivity (Wildman–Crippen MR) is 69.4 cm³/mol. The lowest BCUT2D eigenvalue weighted by Crippen LogP contribution is -2.06. The molecular formula is C13H16N4O. The molecule has 2 heterocycles. The van der Waals surface area contributed by atoms with Crippen LogP contribution in [-0.2, 0) is 6.54 Å². The lowest BCUT2D eigenvalue weighted by molar-refractivity contribution is 0.318. The van der Waals surface area contributed by atoms with Gasteiger partial charge < -0.3 is 10.1 Å². The van der Waals surface area contributed by atoms with Crippen LogP contribution in [0.25, 0.3) is 0 Å². The van der Waals surface area contributed by atoms with Gasteiger partial charge in [-0.05, 0) is 30.7 Å². The first-order valence-electron chi connectivity index (χ1n) is 5.98. The smallest absolute Gasteiger partial charge is 0.169 e. The van der Waals surface area contributed by atoms with Gasteiger partial charge in [0.25, 0.3) is 0 Å². The first-order chi connectivity index (χ1) is 8.90. The van der Waals surface area contributed by atoms with Crippen LogP contribution >= 0.6 is 0 Å². The van der Waals surface area contributed by atoms with Crippen molar-refractivity contribution in [3.8, 4) is 5.75 Å². The van der Waals surface area contributed by atoms with E-state index in [1.165, 1.54) is 0 Å². The maximum atomic E-state index is 5.61. The summed E-state index contributed by atoms with van der Waals surface area (Å²) in [5.74, 6) is 1.50. The highest BCUT2D eigenvalue weighted by atomic mass is 16.5. The number of hydrogen-bond acceptors (Lipinski definition) is 5. The Labute approximate surface area is 106 Å². The second kappa shape index (κ2) is 6.54. The fourth-order valence-electron chi connectivity index (χ4n) is 1.45. The molecule has 0 atom stereocenters. The molecule has 0 aromatic carbocycles. The van der Waals surface area contributed by atoms with Gasteiger partial charge in [0.05, 0.1) is 18.8 Å². The van der Waals surface area contributed by atoms with Crippen LogP contribution in [0.2, 0.25) is 0 Å². The van der Waals surface area contributed by atoms with E-state index in [9.17, 15) is 0 Å². The van der Waals surface area contributed by atoms with E-state index in [0.29, 0.717) is 13.2 Å². The standard InChI is InChI=1S/C13H16N4O/c1-2-9-18-12-6-4-7-14-13(12)15-10-11-5-3-8-16-17-11/h3-8H,2,9-10H2,1H3,(H,14,15). The first-order valence-corrected chi connectivity index (χ1v) is 5.98. The van der Waals surface area contributed by atoms with E-state index >= 15 is 0 Å². The van der Waals surface area contributed by atoms with E-state index < -0.39 is 0 Å². The monoisotopic (exact) mass is 244 g/mol. The lowest BCUT2D eigenvalue weighted by atomic mass is 10.3. The summed E-state index contributed by atoms with van der Waals surface area (Å²) in [4.78, 5) is 4.26. The van der Waals surface area contributed by atoms with Crippen LogP contribution in [0.3, 0.4) is 0 Å². The Morgan fingerprint density at radius 3 is 2.89 bits per heavy atom. The van der Waals surface area contributed by atoms with Gasteiger partial charge in [-0.15, -0.1) is 0 Å². The second-order valence-electron chi connectivity index (χ2n) is 3.77. The van der Waals surface area contributed by atoms with E-state index in [4.69, 9.17) is 4.74 Å². The van der Waals surface area contributed by atoms with Crippen LogP contribution in [-0.4, -0.2) is 21.8 Å². The number of nitrogens with one attached hydrogen (secondary N) is 1. The molecule has 5 heteroatoms. The van der Waals surface area contributed by atoms with Crippen LogP contribution in [0, 0.1) is 0 Å². The van der Waals surface area contributed by atoms with Crippen molar-refractivity contribution in [1.82, 2.24) is 15.2 Å². The fraction of sp³-hybridized carbons (Fsp3) is 0.308. The van der Waals surface area contributed by atoms with E-state index in [-0.39, 0.29) is 0 Å². The van der Waals surface area contributed by atoms with Crippen molar-refractivity contribution in [1.29, 1.82) is 0 Å². The molecule has 0 fully saturated rings. The molecule has 94 valence electrons. The summed E-state index contributed by atoms with van der Waals surface area (Å²) in [5, 5.41) is 11.0. The summed E-state index contributed by atoms with van der Waals surface area (Å²) in [7, 11) is 0. The molecule has 0 unspecified atom stereocenters. The number of anilines is 1. The van der Waals surface area contributed by atoms with Crippen LogP contribution < -0.4 is 10.1 Å². The Bertz CT molecular complexity index is 475. The van der Waals surface area contributed by atoms with Crippen LogP contribution in [0.1, 0.15) is 19.0 Å². The van der Waals surface area contributed by atoms with Crippen molar-refractivity contribution in [3.05, 3.63) is 42.4 Å². The highest BCUT2D eigenvalue weighted by Gasteiger charge is 2.04. The zero-order valence-electron chi connectivity index (χ0n) is 10.3. The van der Waals surface area contributed by atoms with Gasteiger partial charge in [-0.1, -0.05) is 6.92 Å². The van der Waals surface area contributed by atoms with Gasteiger partial charge in [0, 0.05) is 12.4 Å². The van der Waals surface area contributed by atoms with Gasteiger partial charge in [-0.2, -0.15) is 10.2 Å². The maximum Gasteiger partial charge on any atom is 0.169 e. The minimum absolute atomic E-state index is 0.577. The number of nitrogens with zero attached hydrogens (tertiary/aromatic N) is 3. The van der Waals surface area contributed by atoms with E-state index in [1.54, 1.807) is 12.4 Å².